The van der Waals surface area contributed by atoms with E-state index in [0.717, 1.165) is 24.1 Å². The molecule has 0 aromatic heterocycles. The Morgan fingerprint density at radius 2 is 1.60 bits per heavy atom. The largest absolute Gasteiger partial charge is 0.457 e. The number of rotatable bonds is 6. The van der Waals surface area contributed by atoms with Crippen LogP contribution in [0.15, 0.2) is 53.4 Å². The standard InChI is InChI=1S/C17H19NOS/c1-20-17-10-8-16(9-11-17)19-15-6-2-13(3-7-15)12-18-14-4-5-14/h2-3,6-11,14,18H,4-5,12H2,1H3. The summed E-state index contributed by atoms with van der Waals surface area (Å²) in [4.78, 5) is 1.25. The summed E-state index contributed by atoms with van der Waals surface area (Å²) in [6, 6.07) is 17.2. The van der Waals surface area contributed by atoms with Crippen LogP contribution in [0.3, 0.4) is 0 Å². The average Bonchev–Trinajstić information content (AvgIpc) is 3.32. The first-order valence-electron chi connectivity index (χ1n) is 6.98. The van der Waals surface area contributed by atoms with Crippen molar-refractivity contribution < 1.29 is 4.74 Å². The van der Waals surface area contributed by atoms with E-state index in [2.05, 4.69) is 35.8 Å². The Kier molecular flexibility index (Phi) is 4.28. The lowest BCUT2D eigenvalue weighted by molar-refractivity contribution is 0.482. The molecule has 104 valence electrons. The predicted molar refractivity (Wildman–Crippen MR) is 84.6 cm³/mol. The molecule has 2 nitrogen and oxygen atoms in total. The third-order valence-corrected chi connectivity index (χ3v) is 4.13. The molecule has 1 saturated carbocycles. The summed E-state index contributed by atoms with van der Waals surface area (Å²) in [7, 11) is 0. The summed E-state index contributed by atoms with van der Waals surface area (Å²) in [5, 5.41) is 3.51. The van der Waals surface area contributed by atoms with Crippen LogP contribution in [0.1, 0.15) is 18.4 Å². The van der Waals surface area contributed by atoms with Gasteiger partial charge in [-0.05, 0) is 61.1 Å². The highest BCUT2D eigenvalue weighted by Gasteiger charge is 2.19. The second kappa shape index (κ2) is 6.33. The molecule has 0 atom stereocenters. The van der Waals surface area contributed by atoms with Gasteiger partial charge >= 0.3 is 0 Å². The molecule has 1 N–H and O–H groups in total. The lowest BCUT2D eigenvalue weighted by atomic mass is 10.2. The van der Waals surface area contributed by atoms with Crippen LogP contribution in [-0.4, -0.2) is 12.3 Å². The van der Waals surface area contributed by atoms with E-state index in [4.69, 9.17) is 4.74 Å². The van der Waals surface area contributed by atoms with E-state index in [9.17, 15) is 0 Å². The van der Waals surface area contributed by atoms with Gasteiger partial charge in [0.2, 0.25) is 0 Å². The maximum absolute atomic E-state index is 5.84. The summed E-state index contributed by atoms with van der Waals surface area (Å²) in [5.41, 5.74) is 1.31. The van der Waals surface area contributed by atoms with Crippen LogP contribution in [0, 0.1) is 0 Å². The van der Waals surface area contributed by atoms with E-state index < -0.39 is 0 Å². The average molecular weight is 285 g/mol. The Morgan fingerprint density at radius 1 is 1.00 bits per heavy atom. The van der Waals surface area contributed by atoms with Crippen LogP contribution in [0.2, 0.25) is 0 Å². The van der Waals surface area contributed by atoms with Crippen LogP contribution in [0.4, 0.5) is 0 Å². The van der Waals surface area contributed by atoms with Crippen LogP contribution in [0.25, 0.3) is 0 Å². The van der Waals surface area contributed by atoms with Crippen LogP contribution >= 0.6 is 11.8 Å². The molecule has 0 heterocycles. The molecule has 0 radical (unpaired) electrons. The fourth-order valence-electron chi connectivity index (χ4n) is 2.00. The van der Waals surface area contributed by atoms with E-state index in [1.165, 1.54) is 23.3 Å². The lowest BCUT2D eigenvalue weighted by Gasteiger charge is -2.08. The quantitative estimate of drug-likeness (QED) is 0.792. The van der Waals surface area contributed by atoms with Gasteiger partial charge in [-0.3, -0.25) is 0 Å². The second-order valence-electron chi connectivity index (χ2n) is 5.08. The van der Waals surface area contributed by atoms with Gasteiger partial charge in [0.1, 0.15) is 11.5 Å². The summed E-state index contributed by atoms with van der Waals surface area (Å²) >= 11 is 1.74. The first-order valence-corrected chi connectivity index (χ1v) is 8.20. The molecule has 0 aliphatic heterocycles. The molecular weight excluding hydrogens is 266 g/mol. The van der Waals surface area contributed by atoms with Crippen molar-refractivity contribution in [1.82, 2.24) is 5.32 Å². The van der Waals surface area contributed by atoms with E-state index in [1.807, 2.05) is 24.3 Å². The molecule has 0 spiro atoms. The molecule has 0 bridgehead atoms. The van der Waals surface area contributed by atoms with Gasteiger partial charge in [0.05, 0.1) is 0 Å². The first-order chi connectivity index (χ1) is 9.83. The van der Waals surface area contributed by atoms with Crippen molar-refractivity contribution in [3.8, 4) is 11.5 Å². The number of hydrogen-bond donors (Lipinski definition) is 1. The van der Waals surface area contributed by atoms with E-state index >= 15 is 0 Å². The number of benzene rings is 2. The minimum atomic E-state index is 0.751. The molecule has 1 aliphatic rings. The van der Waals surface area contributed by atoms with Crippen molar-refractivity contribution in [3.05, 3.63) is 54.1 Å². The Labute approximate surface area is 124 Å². The summed E-state index contributed by atoms with van der Waals surface area (Å²) in [6.07, 6.45) is 4.73. The normalized spacial score (nSPS) is 14.2. The molecule has 20 heavy (non-hydrogen) atoms. The Balaban J connectivity index is 1.58. The maximum Gasteiger partial charge on any atom is 0.127 e. The Hall–Kier alpha value is -1.45. The molecule has 1 fully saturated rings. The number of hydrogen-bond acceptors (Lipinski definition) is 3. The molecule has 0 unspecified atom stereocenters. The molecule has 3 heteroatoms. The lowest BCUT2D eigenvalue weighted by Crippen LogP contribution is -2.14. The van der Waals surface area contributed by atoms with Gasteiger partial charge in [-0.15, -0.1) is 11.8 Å². The molecule has 0 amide bonds. The molecule has 2 aromatic rings. The van der Waals surface area contributed by atoms with Gasteiger partial charge < -0.3 is 10.1 Å². The highest BCUT2D eigenvalue weighted by Crippen LogP contribution is 2.25. The fraction of sp³-hybridized carbons (Fsp3) is 0.294. The zero-order valence-corrected chi connectivity index (χ0v) is 12.5. The van der Waals surface area contributed by atoms with Gasteiger partial charge in [-0.1, -0.05) is 12.1 Å². The summed E-state index contributed by atoms with van der Waals surface area (Å²) in [6.45, 7) is 0.952. The Bertz CT molecular complexity index is 546. The van der Waals surface area contributed by atoms with Crippen LogP contribution in [0.5, 0.6) is 11.5 Å². The van der Waals surface area contributed by atoms with Crippen molar-refractivity contribution in [1.29, 1.82) is 0 Å². The summed E-state index contributed by atoms with van der Waals surface area (Å²) in [5.74, 6) is 1.77. The fourth-order valence-corrected chi connectivity index (χ4v) is 2.41. The molecule has 3 rings (SSSR count). The number of nitrogens with one attached hydrogen (secondary N) is 1. The zero-order chi connectivity index (χ0) is 13.8. The number of ether oxygens (including phenoxy) is 1. The van der Waals surface area contributed by atoms with E-state index in [0.29, 0.717) is 0 Å². The van der Waals surface area contributed by atoms with Gasteiger partial charge in [0, 0.05) is 17.5 Å². The van der Waals surface area contributed by atoms with Gasteiger partial charge in [-0.25, -0.2) is 0 Å². The molecule has 0 saturated heterocycles. The highest BCUT2D eigenvalue weighted by atomic mass is 32.2. The van der Waals surface area contributed by atoms with Crippen molar-refractivity contribution in [3.63, 3.8) is 0 Å². The topological polar surface area (TPSA) is 21.3 Å². The van der Waals surface area contributed by atoms with Crippen molar-refractivity contribution in [2.24, 2.45) is 0 Å². The monoisotopic (exact) mass is 285 g/mol. The second-order valence-corrected chi connectivity index (χ2v) is 5.96. The maximum atomic E-state index is 5.84. The Morgan fingerprint density at radius 3 is 2.15 bits per heavy atom. The van der Waals surface area contributed by atoms with Gasteiger partial charge in [0.15, 0.2) is 0 Å². The minimum Gasteiger partial charge on any atom is -0.457 e. The molecule has 1 aliphatic carbocycles. The van der Waals surface area contributed by atoms with Crippen LogP contribution < -0.4 is 10.1 Å². The van der Waals surface area contributed by atoms with Crippen LogP contribution in [-0.2, 0) is 6.54 Å². The molecule has 2 aromatic carbocycles. The SMILES string of the molecule is CSc1ccc(Oc2ccc(CNC3CC3)cc2)cc1. The van der Waals surface area contributed by atoms with Crippen molar-refractivity contribution in [2.75, 3.05) is 6.26 Å². The number of thioether (sulfide) groups is 1. The smallest absolute Gasteiger partial charge is 0.127 e. The predicted octanol–water partition coefficient (Wildman–Crippen LogP) is 4.45. The molecular formula is C17H19NOS. The van der Waals surface area contributed by atoms with Gasteiger partial charge in [0.25, 0.3) is 0 Å². The van der Waals surface area contributed by atoms with Gasteiger partial charge in [-0.2, -0.15) is 0 Å². The van der Waals surface area contributed by atoms with Crippen molar-refractivity contribution in [2.45, 2.75) is 30.3 Å². The highest BCUT2D eigenvalue weighted by molar-refractivity contribution is 7.98. The third kappa shape index (κ3) is 3.78. The van der Waals surface area contributed by atoms with E-state index in [1.54, 1.807) is 11.8 Å². The first kappa shape index (κ1) is 13.5. The third-order valence-electron chi connectivity index (χ3n) is 3.39. The minimum absolute atomic E-state index is 0.751. The van der Waals surface area contributed by atoms with E-state index in [-0.39, 0.29) is 0 Å². The summed E-state index contributed by atoms with van der Waals surface area (Å²) < 4.78 is 5.84. The van der Waals surface area contributed by atoms with Crippen molar-refractivity contribution >= 4 is 11.8 Å². The zero-order valence-electron chi connectivity index (χ0n) is 11.6.